The molecule has 1 unspecified atom stereocenters. The van der Waals surface area contributed by atoms with E-state index in [1.54, 1.807) is 12.1 Å². The van der Waals surface area contributed by atoms with E-state index in [1.165, 1.54) is 6.08 Å². The van der Waals surface area contributed by atoms with Gasteiger partial charge in [-0.25, -0.2) is 0 Å². The summed E-state index contributed by atoms with van der Waals surface area (Å²) >= 11 is 0. The zero-order valence-electron chi connectivity index (χ0n) is 12.4. The van der Waals surface area contributed by atoms with Crippen LogP contribution in [0.4, 0.5) is 0 Å². The van der Waals surface area contributed by atoms with Crippen LogP contribution in [0, 0.1) is 10.8 Å². The van der Waals surface area contributed by atoms with Crippen LogP contribution in [0.25, 0.3) is 27.6 Å². The van der Waals surface area contributed by atoms with Gasteiger partial charge >= 0.3 is 5.91 Å². The molecule has 4 nitrogen and oxygen atoms in total. The maximum atomic E-state index is 12.5. The molecule has 0 spiro atoms. The molecule has 1 atom stereocenters. The SMILES string of the molecule is Cl.O=NC(=O)C1C=Cc2cc3cc4ccccc4cc3cc2C1=O. The van der Waals surface area contributed by atoms with E-state index in [-0.39, 0.29) is 18.2 Å². The van der Waals surface area contributed by atoms with Crippen molar-refractivity contribution >= 4 is 51.7 Å². The van der Waals surface area contributed by atoms with Crippen LogP contribution in [0.1, 0.15) is 15.9 Å². The van der Waals surface area contributed by atoms with Crippen LogP contribution in [0.2, 0.25) is 0 Å². The zero-order chi connectivity index (χ0) is 16.0. The number of carbonyl (C=O) groups is 2. The Kier molecular flexibility index (Phi) is 3.99. The van der Waals surface area contributed by atoms with Crippen molar-refractivity contribution in [1.82, 2.24) is 0 Å². The average molecular weight is 338 g/mol. The van der Waals surface area contributed by atoms with E-state index in [1.807, 2.05) is 36.4 Å². The second-order valence-electron chi connectivity index (χ2n) is 5.62. The average Bonchev–Trinajstić information content (AvgIpc) is 2.58. The number of fused-ring (bicyclic) bond motifs is 3. The predicted octanol–water partition coefficient (Wildman–Crippen LogP) is 4.53. The Balaban J connectivity index is 0.00000169. The van der Waals surface area contributed by atoms with Gasteiger partial charge in [0.1, 0.15) is 5.92 Å². The van der Waals surface area contributed by atoms with Gasteiger partial charge in [-0.3, -0.25) is 9.59 Å². The minimum atomic E-state index is -1.10. The van der Waals surface area contributed by atoms with Crippen LogP contribution >= 0.6 is 12.4 Å². The molecule has 0 saturated heterocycles. The summed E-state index contributed by atoms with van der Waals surface area (Å²) in [6, 6.07) is 15.8. The third kappa shape index (κ3) is 2.41. The van der Waals surface area contributed by atoms with E-state index < -0.39 is 11.8 Å². The number of amides is 1. The standard InChI is InChI=1S/C19H11NO3.ClH/c21-18-16(19(22)20-23)6-5-13-9-14-7-11-3-1-2-4-12(11)8-15(14)10-17(13)18;/h1-10,16H;1H. The molecular weight excluding hydrogens is 326 g/mol. The van der Waals surface area contributed by atoms with Crippen LogP contribution < -0.4 is 0 Å². The monoisotopic (exact) mass is 337 g/mol. The van der Waals surface area contributed by atoms with E-state index in [2.05, 4.69) is 11.2 Å². The number of halogens is 1. The second kappa shape index (κ2) is 5.98. The maximum Gasteiger partial charge on any atom is 0.300 e. The van der Waals surface area contributed by atoms with Gasteiger partial charge in [-0.05, 0) is 51.4 Å². The van der Waals surface area contributed by atoms with Crippen molar-refractivity contribution in [3.05, 3.63) is 70.6 Å². The molecule has 0 N–H and O–H groups in total. The topological polar surface area (TPSA) is 63.6 Å². The Labute approximate surface area is 143 Å². The van der Waals surface area contributed by atoms with Gasteiger partial charge in [0.05, 0.1) is 0 Å². The van der Waals surface area contributed by atoms with E-state index in [9.17, 15) is 14.5 Å². The normalized spacial score (nSPS) is 15.8. The highest BCUT2D eigenvalue weighted by Crippen LogP contribution is 2.30. The first-order valence-electron chi connectivity index (χ1n) is 7.23. The first kappa shape index (κ1) is 16.0. The van der Waals surface area contributed by atoms with Gasteiger partial charge in [0.25, 0.3) is 0 Å². The van der Waals surface area contributed by atoms with E-state index in [4.69, 9.17) is 0 Å². The number of hydrogen-bond donors (Lipinski definition) is 0. The summed E-state index contributed by atoms with van der Waals surface area (Å²) in [5.41, 5.74) is 1.21. The molecule has 118 valence electrons. The largest absolute Gasteiger partial charge is 0.300 e. The van der Waals surface area contributed by atoms with E-state index in [0.29, 0.717) is 5.56 Å². The van der Waals surface area contributed by atoms with Crippen LogP contribution in [-0.4, -0.2) is 11.7 Å². The lowest BCUT2D eigenvalue weighted by Crippen LogP contribution is -2.23. The van der Waals surface area contributed by atoms with Crippen molar-refractivity contribution in [3.63, 3.8) is 0 Å². The summed E-state index contributed by atoms with van der Waals surface area (Å²) in [5.74, 6) is -2.42. The number of rotatable bonds is 1. The molecule has 1 aliphatic rings. The number of nitroso groups, excluding NO2 is 1. The van der Waals surface area contributed by atoms with Crippen molar-refractivity contribution in [2.45, 2.75) is 0 Å². The fraction of sp³-hybridized carbons (Fsp3) is 0.0526. The molecule has 0 heterocycles. The van der Waals surface area contributed by atoms with Gasteiger partial charge in [0.15, 0.2) is 5.78 Å². The van der Waals surface area contributed by atoms with Crippen LogP contribution in [0.5, 0.6) is 0 Å². The molecule has 5 heteroatoms. The van der Waals surface area contributed by atoms with Gasteiger partial charge in [-0.2, -0.15) is 0 Å². The molecule has 0 aliphatic heterocycles. The third-order valence-electron chi connectivity index (χ3n) is 4.25. The summed E-state index contributed by atoms with van der Waals surface area (Å²) in [5, 5.41) is 6.54. The lowest BCUT2D eigenvalue weighted by molar-refractivity contribution is -0.119. The fourth-order valence-electron chi connectivity index (χ4n) is 3.07. The second-order valence-corrected chi connectivity index (χ2v) is 5.62. The Morgan fingerprint density at radius 2 is 1.54 bits per heavy atom. The molecule has 0 bridgehead atoms. The van der Waals surface area contributed by atoms with Crippen LogP contribution in [-0.2, 0) is 4.79 Å². The molecule has 1 aliphatic carbocycles. The van der Waals surface area contributed by atoms with Crippen molar-refractivity contribution in [2.24, 2.45) is 11.1 Å². The Bertz CT molecular complexity index is 1040. The highest BCUT2D eigenvalue weighted by molar-refractivity contribution is 6.17. The molecular formula is C19H12ClNO3. The molecule has 0 saturated carbocycles. The minimum Gasteiger partial charge on any atom is -0.293 e. The number of hydrogen-bond acceptors (Lipinski definition) is 3. The van der Waals surface area contributed by atoms with Crippen molar-refractivity contribution in [1.29, 1.82) is 0 Å². The van der Waals surface area contributed by atoms with Gasteiger partial charge < -0.3 is 0 Å². The summed E-state index contributed by atoms with van der Waals surface area (Å²) in [7, 11) is 0. The number of ketones is 1. The number of nitrogens with zero attached hydrogens (tertiary/aromatic N) is 1. The Morgan fingerprint density at radius 1 is 0.917 bits per heavy atom. The zero-order valence-corrected chi connectivity index (χ0v) is 13.2. The predicted molar refractivity (Wildman–Crippen MR) is 96.4 cm³/mol. The van der Waals surface area contributed by atoms with Gasteiger partial charge in [-0.1, -0.05) is 36.4 Å². The van der Waals surface area contributed by atoms with Gasteiger partial charge in [-0.15, -0.1) is 17.3 Å². The third-order valence-corrected chi connectivity index (χ3v) is 4.25. The van der Waals surface area contributed by atoms with E-state index in [0.717, 1.165) is 27.1 Å². The lowest BCUT2D eigenvalue weighted by Gasteiger charge is -2.16. The minimum absolute atomic E-state index is 0. The summed E-state index contributed by atoms with van der Waals surface area (Å²) in [6.07, 6.45) is 3.15. The maximum absolute atomic E-state index is 12.5. The molecule has 24 heavy (non-hydrogen) atoms. The highest BCUT2D eigenvalue weighted by atomic mass is 35.5. The summed E-state index contributed by atoms with van der Waals surface area (Å²) < 4.78 is 0. The molecule has 0 radical (unpaired) electrons. The lowest BCUT2D eigenvalue weighted by atomic mass is 9.86. The number of benzene rings is 3. The van der Waals surface area contributed by atoms with Gasteiger partial charge in [0, 0.05) is 10.7 Å². The number of carbonyl (C=O) groups excluding carboxylic acids is 2. The molecule has 3 aromatic rings. The Hall–Kier alpha value is -2.85. The van der Waals surface area contributed by atoms with Gasteiger partial charge in [0.2, 0.25) is 0 Å². The molecule has 4 rings (SSSR count). The summed E-state index contributed by atoms with van der Waals surface area (Å²) in [4.78, 5) is 34.4. The number of Topliss-reactive ketones (excluding diaryl/α,β-unsaturated/α-hetero) is 1. The van der Waals surface area contributed by atoms with Crippen molar-refractivity contribution in [3.8, 4) is 0 Å². The summed E-state index contributed by atoms with van der Waals surface area (Å²) in [6.45, 7) is 0. The van der Waals surface area contributed by atoms with E-state index >= 15 is 0 Å². The molecule has 0 fully saturated rings. The van der Waals surface area contributed by atoms with Crippen molar-refractivity contribution < 1.29 is 9.59 Å². The molecule has 3 aromatic carbocycles. The quantitative estimate of drug-likeness (QED) is 0.372. The van der Waals surface area contributed by atoms with Crippen LogP contribution in [0.3, 0.4) is 0 Å². The highest BCUT2D eigenvalue weighted by Gasteiger charge is 2.30. The smallest absolute Gasteiger partial charge is 0.293 e. The first-order valence-corrected chi connectivity index (χ1v) is 7.23. The van der Waals surface area contributed by atoms with Crippen molar-refractivity contribution in [2.75, 3.05) is 0 Å². The fourth-order valence-corrected chi connectivity index (χ4v) is 3.07. The molecule has 1 amide bonds. The first-order chi connectivity index (χ1) is 11.2. The van der Waals surface area contributed by atoms with Crippen LogP contribution in [0.15, 0.2) is 59.8 Å². The molecule has 0 aromatic heterocycles. The Morgan fingerprint density at radius 3 is 2.17 bits per heavy atom.